The van der Waals surface area contributed by atoms with E-state index in [1.165, 1.54) is 17.6 Å². The molecule has 0 aliphatic heterocycles. The molecule has 0 amide bonds. The first kappa shape index (κ1) is 16.8. The second-order valence-corrected chi connectivity index (χ2v) is 6.25. The molecule has 0 radical (unpaired) electrons. The third kappa shape index (κ3) is 3.98. The molecule has 0 spiro atoms. The van der Waals surface area contributed by atoms with Crippen LogP contribution in [0.25, 0.3) is 5.69 Å². The number of carbonyl (C=O) groups excluding carboxylic acids is 1. The van der Waals surface area contributed by atoms with Crippen LogP contribution in [-0.4, -0.2) is 15.3 Å². The van der Waals surface area contributed by atoms with E-state index in [0.29, 0.717) is 29.2 Å². The van der Waals surface area contributed by atoms with Crippen LogP contribution in [0.4, 0.5) is 8.78 Å². The standard InChI is InChI=1S/C21H18F2N2O3/c1-12-4-5-15(14(3)26)7-20(12)25-13(2)6-17(9-21(25)27)28-11-19-18(23)8-16(22)10-24-19/h4-10H,11H2,1-3H3/i11D2. The lowest BCUT2D eigenvalue weighted by atomic mass is 10.1. The Morgan fingerprint density at radius 1 is 1.21 bits per heavy atom. The smallest absolute Gasteiger partial charge is 0.259 e. The van der Waals surface area contributed by atoms with Crippen LogP contribution in [0.3, 0.4) is 0 Å². The number of hydrogen-bond acceptors (Lipinski definition) is 4. The summed E-state index contributed by atoms with van der Waals surface area (Å²) in [4.78, 5) is 27.9. The molecule has 0 aliphatic carbocycles. The first-order valence-electron chi connectivity index (χ1n) is 9.36. The molecule has 2 heterocycles. The zero-order valence-electron chi connectivity index (χ0n) is 17.4. The van der Waals surface area contributed by atoms with Gasteiger partial charge >= 0.3 is 0 Å². The molecule has 0 atom stereocenters. The average molecular weight is 386 g/mol. The first-order valence-corrected chi connectivity index (χ1v) is 8.36. The molecule has 0 saturated heterocycles. The first-order chi connectivity index (χ1) is 14.0. The van der Waals surface area contributed by atoms with E-state index in [9.17, 15) is 18.4 Å². The number of aromatic nitrogens is 2. The molecule has 0 unspecified atom stereocenters. The number of hydrogen-bond donors (Lipinski definition) is 0. The number of ketones is 1. The number of carbonyl (C=O) groups is 1. The maximum absolute atomic E-state index is 13.9. The van der Waals surface area contributed by atoms with Crippen molar-refractivity contribution in [3.63, 3.8) is 0 Å². The topological polar surface area (TPSA) is 61.2 Å². The van der Waals surface area contributed by atoms with Gasteiger partial charge in [-0.2, -0.15) is 0 Å². The quantitative estimate of drug-likeness (QED) is 0.624. The summed E-state index contributed by atoms with van der Waals surface area (Å²) in [6.45, 7) is 2.08. The summed E-state index contributed by atoms with van der Waals surface area (Å²) in [5, 5.41) is 0. The number of aryl methyl sites for hydroxylation is 2. The van der Waals surface area contributed by atoms with Gasteiger partial charge in [0.15, 0.2) is 11.6 Å². The van der Waals surface area contributed by atoms with Crippen LogP contribution in [0, 0.1) is 25.5 Å². The minimum Gasteiger partial charge on any atom is -0.487 e. The van der Waals surface area contributed by atoms with Gasteiger partial charge in [-0.3, -0.25) is 19.1 Å². The van der Waals surface area contributed by atoms with Crippen LogP contribution in [0.5, 0.6) is 5.75 Å². The highest BCUT2D eigenvalue weighted by atomic mass is 19.1. The third-order valence-electron chi connectivity index (χ3n) is 4.12. The van der Waals surface area contributed by atoms with Gasteiger partial charge in [-0.25, -0.2) is 8.78 Å². The highest BCUT2D eigenvalue weighted by Gasteiger charge is 2.12. The Bertz CT molecular complexity index is 1210. The zero-order chi connectivity index (χ0) is 22.2. The SMILES string of the molecule is [2H]C([2H])(Oc1cc(C)n(-c2cc(C(C)=O)ccc2C)c(=O)c1)c1ncc(F)cc1F. The van der Waals surface area contributed by atoms with E-state index in [4.69, 9.17) is 7.48 Å². The second-order valence-electron chi connectivity index (χ2n) is 6.25. The number of nitrogens with zero attached hydrogens (tertiary/aromatic N) is 2. The molecule has 0 saturated carbocycles. The van der Waals surface area contributed by atoms with Crippen LogP contribution in [0.15, 0.2) is 47.4 Å². The normalized spacial score (nSPS) is 12.3. The highest BCUT2D eigenvalue weighted by Crippen LogP contribution is 2.20. The predicted octanol–water partition coefficient (Wildman–Crippen LogP) is 3.91. The summed E-state index contributed by atoms with van der Waals surface area (Å²) in [7, 11) is 0. The Balaban J connectivity index is 2.02. The largest absolute Gasteiger partial charge is 0.487 e. The number of halogens is 2. The summed E-state index contributed by atoms with van der Waals surface area (Å²) in [6, 6.07) is 7.94. The molecule has 3 rings (SSSR count). The van der Waals surface area contributed by atoms with Crippen molar-refractivity contribution in [2.24, 2.45) is 0 Å². The number of ether oxygens (including phenoxy) is 1. The molecule has 7 heteroatoms. The summed E-state index contributed by atoms with van der Waals surface area (Å²) < 4.78 is 49.4. The van der Waals surface area contributed by atoms with Crippen molar-refractivity contribution < 1.29 is 21.1 Å². The summed E-state index contributed by atoms with van der Waals surface area (Å²) in [6.07, 6.45) is 0.674. The van der Waals surface area contributed by atoms with E-state index < -0.39 is 29.4 Å². The molecule has 0 fully saturated rings. The number of pyridine rings is 2. The molecule has 0 bridgehead atoms. The van der Waals surface area contributed by atoms with Gasteiger partial charge in [0.05, 0.1) is 14.6 Å². The minimum absolute atomic E-state index is 0.148. The molecule has 144 valence electrons. The van der Waals surface area contributed by atoms with E-state index in [1.807, 2.05) is 0 Å². The Morgan fingerprint density at radius 2 is 1.96 bits per heavy atom. The van der Waals surface area contributed by atoms with Crippen molar-refractivity contribution in [1.29, 1.82) is 0 Å². The van der Waals surface area contributed by atoms with Gasteiger partial charge < -0.3 is 4.74 Å². The van der Waals surface area contributed by atoms with Crippen molar-refractivity contribution in [1.82, 2.24) is 9.55 Å². The molecule has 0 aliphatic rings. The maximum Gasteiger partial charge on any atom is 0.259 e. The fourth-order valence-electron chi connectivity index (χ4n) is 2.71. The zero-order valence-corrected chi connectivity index (χ0v) is 15.4. The van der Waals surface area contributed by atoms with Crippen molar-refractivity contribution in [2.45, 2.75) is 27.3 Å². The van der Waals surface area contributed by atoms with Crippen LogP contribution in [0.1, 0.15) is 37.0 Å². The molecular weight excluding hydrogens is 366 g/mol. The van der Waals surface area contributed by atoms with Gasteiger partial charge in [0.25, 0.3) is 5.56 Å². The molecule has 2 aromatic heterocycles. The van der Waals surface area contributed by atoms with Gasteiger partial charge in [-0.1, -0.05) is 12.1 Å². The third-order valence-corrected chi connectivity index (χ3v) is 4.12. The van der Waals surface area contributed by atoms with Crippen molar-refractivity contribution in [3.8, 4) is 11.4 Å². The minimum atomic E-state index is -2.74. The summed E-state index contributed by atoms with van der Waals surface area (Å²) in [5.41, 5.74) is 0.840. The van der Waals surface area contributed by atoms with E-state index in [1.54, 1.807) is 32.0 Å². The van der Waals surface area contributed by atoms with E-state index in [0.717, 1.165) is 11.6 Å². The Hall–Kier alpha value is -3.35. The fraction of sp³-hybridized carbons (Fsp3) is 0.190. The second kappa shape index (κ2) is 7.72. The van der Waals surface area contributed by atoms with E-state index in [-0.39, 0.29) is 11.5 Å². The number of benzene rings is 1. The number of Topliss-reactive ketones (excluding diaryl/α,β-unsaturated/α-hetero) is 1. The number of rotatable bonds is 5. The molecule has 28 heavy (non-hydrogen) atoms. The highest BCUT2D eigenvalue weighted by molar-refractivity contribution is 5.94. The van der Waals surface area contributed by atoms with Crippen LogP contribution < -0.4 is 10.3 Å². The maximum atomic E-state index is 13.9. The Kier molecular flexibility index (Phi) is 4.63. The molecule has 5 nitrogen and oxygen atoms in total. The predicted molar refractivity (Wildman–Crippen MR) is 100 cm³/mol. The average Bonchev–Trinajstić information content (AvgIpc) is 2.61. The lowest BCUT2D eigenvalue weighted by Gasteiger charge is -2.15. The van der Waals surface area contributed by atoms with E-state index in [2.05, 4.69) is 4.98 Å². The van der Waals surface area contributed by atoms with Gasteiger partial charge in [-0.15, -0.1) is 0 Å². The molecular formula is C21H18F2N2O3. The van der Waals surface area contributed by atoms with Crippen molar-refractivity contribution >= 4 is 5.78 Å². The van der Waals surface area contributed by atoms with Gasteiger partial charge in [0.2, 0.25) is 0 Å². The van der Waals surface area contributed by atoms with Gasteiger partial charge in [0.1, 0.15) is 23.8 Å². The van der Waals surface area contributed by atoms with Crippen molar-refractivity contribution in [3.05, 3.63) is 87.1 Å². The van der Waals surface area contributed by atoms with E-state index >= 15 is 0 Å². The lowest BCUT2D eigenvalue weighted by Crippen LogP contribution is -2.21. The van der Waals surface area contributed by atoms with Crippen molar-refractivity contribution in [2.75, 3.05) is 0 Å². The van der Waals surface area contributed by atoms with Gasteiger partial charge in [-0.05, 0) is 32.4 Å². The summed E-state index contributed by atoms with van der Waals surface area (Å²) in [5.74, 6) is -2.45. The monoisotopic (exact) mass is 386 g/mol. The lowest BCUT2D eigenvalue weighted by molar-refractivity contribution is 0.101. The Labute approximate surface area is 163 Å². The molecule has 0 N–H and O–H groups in total. The van der Waals surface area contributed by atoms with Crippen LogP contribution in [0.2, 0.25) is 0 Å². The molecule has 3 aromatic rings. The Morgan fingerprint density at radius 3 is 2.61 bits per heavy atom. The van der Waals surface area contributed by atoms with Crippen LogP contribution in [-0.2, 0) is 6.56 Å². The summed E-state index contributed by atoms with van der Waals surface area (Å²) >= 11 is 0. The fourth-order valence-corrected chi connectivity index (χ4v) is 2.71. The van der Waals surface area contributed by atoms with Crippen LogP contribution >= 0.6 is 0 Å². The van der Waals surface area contributed by atoms with Gasteiger partial charge in [0, 0.05) is 29.5 Å². The molecule has 1 aromatic carbocycles.